The van der Waals surface area contributed by atoms with Crippen molar-refractivity contribution < 1.29 is 14.7 Å². The van der Waals surface area contributed by atoms with Crippen LogP contribution in [0.5, 0.6) is 0 Å². The number of hydrogen-bond acceptors (Lipinski definition) is 2. The van der Waals surface area contributed by atoms with E-state index in [1.807, 2.05) is 6.92 Å². The molecule has 2 N–H and O–H groups in total. The molecule has 1 aliphatic carbocycles. The Kier molecular flexibility index (Phi) is 5.48. The standard InChI is InChI=1S/C15H17ClINO3/c1-2-8-5-10(11(6-8)15(20)21)14(19)18-13-4-3-9(16)7-12(13)17/h3-4,7-8,10-11H,2,5-6H2,1H3,(H,18,19)(H,20,21)/t8?,10-,11+/m0/s1. The number of aliphatic carboxylic acids is 1. The third-order valence-electron chi connectivity index (χ3n) is 4.08. The van der Waals surface area contributed by atoms with E-state index in [1.54, 1.807) is 18.2 Å². The van der Waals surface area contributed by atoms with Crippen molar-refractivity contribution in [1.82, 2.24) is 0 Å². The normalized spacial score (nSPS) is 24.8. The first-order valence-corrected chi connectivity index (χ1v) is 8.36. The summed E-state index contributed by atoms with van der Waals surface area (Å²) in [7, 11) is 0. The minimum atomic E-state index is -0.878. The number of nitrogens with one attached hydrogen (secondary N) is 1. The minimum absolute atomic E-state index is 0.210. The lowest BCUT2D eigenvalue weighted by Gasteiger charge is -2.16. The van der Waals surface area contributed by atoms with E-state index in [4.69, 9.17) is 11.6 Å². The van der Waals surface area contributed by atoms with Crippen LogP contribution in [0.2, 0.25) is 5.02 Å². The van der Waals surface area contributed by atoms with E-state index < -0.39 is 17.8 Å². The van der Waals surface area contributed by atoms with E-state index in [9.17, 15) is 14.7 Å². The summed E-state index contributed by atoms with van der Waals surface area (Å²) < 4.78 is 0.838. The Morgan fingerprint density at radius 1 is 1.38 bits per heavy atom. The number of carboxylic acids is 1. The predicted octanol–water partition coefficient (Wildman–Crippen LogP) is 4.02. The smallest absolute Gasteiger partial charge is 0.307 e. The van der Waals surface area contributed by atoms with Crippen molar-refractivity contribution in [1.29, 1.82) is 0 Å². The van der Waals surface area contributed by atoms with Crippen LogP contribution in [0.1, 0.15) is 26.2 Å². The lowest BCUT2D eigenvalue weighted by atomic mass is 9.95. The maximum atomic E-state index is 12.4. The lowest BCUT2D eigenvalue weighted by Crippen LogP contribution is -2.30. The highest BCUT2D eigenvalue weighted by atomic mass is 127. The van der Waals surface area contributed by atoms with Crippen molar-refractivity contribution in [2.24, 2.45) is 17.8 Å². The molecule has 1 amide bonds. The first-order valence-electron chi connectivity index (χ1n) is 6.91. The number of amides is 1. The van der Waals surface area contributed by atoms with E-state index in [1.165, 1.54) is 0 Å². The van der Waals surface area contributed by atoms with Crippen molar-refractivity contribution in [3.05, 3.63) is 26.8 Å². The zero-order valence-electron chi connectivity index (χ0n) is 11.6. The lowest BCUT2D eigenvalue weighted by molar-refractivity contribution is -0.145. The molecule has 1 fully saturated rings. The molecule has 114 valence electrons. The second kappa shape index (κ2) is 6.96. The summed E-state index contributed by atoms with van der Waals surface area (Å²) in [4.78, 5) is 23.8. The number of benzene rings is 1. The molecule has 0 bridgehead atoms. The third-order valence-corrected chi connectivity index (χ3v) is 5.21. The van der Waals surface area contributed by atoms with Crippen molar-refractivity contribution in [3.8, 4) is 0 Å². The van der Waals surface area contributed by atoms with Crippen molar-refractivity contribution in [2.75, 3.05) is 5.32 Å². The fourth-order valence-electron chi connectivity index (χ4n) is 2.86. The van der Waals surface area contributed by atoms with Crippen LogP contribution in [0, 0.1) is 21.3 Å². The Morgan fingerprint density at radius 2 is 2.05 bits per heavy atom. The van der Waals surface area contributed by atoms with E-state index in [0.717, 1.165) is 9.99 Å². The van der Waals surface area contributed by atoms with Crippen molar-refractivity contribution >= 4 is 51.8 Å². The van der Waals surface area contributed by atoms with Gasteiger partial charge in [-0.1, -0.05) is 24.9 Å². The van der Waals surface area contributed by atoms with E-state index in [0.29, 0.717) is 29.5 Å². The summed E-state index contributed by atoms with van der Waals surface area (Å²) in [5, 5.41) is 12.7. The van der Waals surface area contributed by atoms with Gasteiger partial charge in [-0.2, -0.15) is 0 Å². The Hall–Kier alpha value is -0.820. The first-order chi connectivity index (χ1) is 9.92. The average Bonchev–Trinajstić information content (AvgIpc) is 2.86. The molecule has 0 aliphatic heterocycles. The molecule has 0 aromatic heterocycles. The van der Waals surface area contributed by atoms with Gasteiger partial charge in [0.1, 0.15) is 0 Å². The summed E-state index contributed by atoms with van der Waals surface area (Å²) in [6, 6.07) is 5.21. The summed E-state index contributed by atoms with van der Waals surface area (Å²) in [6.07, 6.45) is 2.14. The van der Waals surface area contributed by atoms with Gasteiger partial charge in [-0.05, 0) is 59.5 Å². The Balaban J connectivity index is 2.13. The van der Waals surface area contributed by atoms with Crippen LogP contribution in [-0.4, -0.2) is 17.0 Å². The highest BCUT2D eigenvalue weighted by molar-refractivity contribution is 14.1. The number of carbonyl (C=O) groups excluding carboxylic acids is 1. The van der Waals surface area contributed by atoms with Crippen LogP contribution in [0.25, 0.3) is 0 Å². The van der Waals surface area contributed by atoms with Gasteiger partial charge in [-0.15, -0.1) is 0 Å². The molecule has 0 heterocycles. The second-order valence-corrected chi connectivity index (χ2v) is 7.01. The van der Waals surface area contributed by atoms with Gasteiger partial charge in [0.25, 0.3) is 0 Å². The molecule has 0 radical (unpaired) electrons. The van der Waals surface area contributed by atoms with E-state index >= 15 is 0 Å². The average molecular weight is 422 g/mol. The van der Waals surface area contributed by atoms with Gasteiger partial charge in [0.15, 0.2) is 0 Å². The second-order valence-electron chi connectivity index (χ2n) is 5.41. The SMILES string of the molecule is CCC1C[C@H](C(=O)Nc2ccc(Cl)cc2I)[C@H](C(=O)O)C1. The molecule has 0 saturated heterocycles. The Bertz CT molecular complexity index is 564. The molecule has 4 nitrogen and oxygen atoms in total. The Morgan fingerprint density at radius 3 is 2.62 bits per heavy atom. The van der Waals surface area contributed by atoms with Crippen LogP contribution in [-0.2, 0) is 9.59 Å². The zero-order valence-corrected chi connectivity index (χ0v) is 14.5. The summed E-state index contributed by atoms with van der Waals surface area (Å²) in [6.45, 7) is 2.03. The molecular weight excluding hydrogens is 405 g/mol. The van der Waals surface area contributed by atoms with Gasteiger partial charge in [-0.25, -0.2) is 0 Å². The number of halogens is 2. The van der Waals surface area contributed by atoms with Crippen LogP contribution in [0.3, 0.4) is 0 Å². The van der Waals surface area contributed by atoms with Crippen molar-refractivity contribution in [3.63, 3.8) is 0 Å². The van der Waals surface area contributed by atoms with Gasteiger partial charge >= 0.3 is 5.97 Å². The predicted molar refractivity (Wildman–Crippen MR) is 90.4 cm³/mol. The minimum Gasteiger partial charge on any atom is -0.481 e. The summed E-state index contributed by atoms with van der Waals surface area (Å²) in [5.41, 5.74) is 0.675. The van der Waals surface area contributed by atoms with Crippen LogP contribution in [0.15, 0.2) is 18.2 Å². The van der Waals surface area contributed by atoms with Crippen LogP contribution < -0.4 is 5.32 Å². The number of anilines is 1. The monoisotopic (exact) mass is 421 g/mol. The molecule has 2 rings (SSSR count). The fraction of sp³-hybridized carbons (Fsp3) is 0.467. The highest BCUT2D eigenvalue weighted by Gasteiger charge is 2.42. The topological polar surface area (TPSA) is 66.4 Å². The molecule has 0 spiro atoms. The third kappa shape index (κ3) is 3.88. The molecule has 1 aromatic rings. The molecule has 6 heteroatoms. The first kappa shape index (κ1) is 16.5. The van der Waals surface area contributed by atoms with Gasteiger partial charge in [0.2, 0.25) is 5.91 Å². The largest absolute Gasteiger partial charge is 0.481 e. The molecule has 21 heavy (non-hydrogen) atoms. The highest BCUT2D eigenvalue weighted by Crippen LogP contribution is 2.39. The van der Waals surface area contributed by atoms with E-state index in [-0.39, 0.29) is 5.91 Å². The van der Waals surface area contributed by atoms with Crippen LogP contribution in [0.4, 0.5) is 5.69 Å². The molecule has 1 saturated carbocycles. The molecule has 1 unspecified atom stereocenters. The number of carboxylic acid groups (broad SMARTS) is 1. The molecule has 1 aliphatic rings. The molecule has 1 aromatic carbocycles. The van der Waals surface area contributed by atoms with Crippen LogP contribution >= 0.6 is 34.2 Å². The van der Waals surface area contributed by atoms with E-state index in [2.05, 4.69) is 27.9 Å². The quantitative estimate of drug-likeness (QED) is 0.722. The van der Waals surface area contributed by atoms with Gasteiger partial charge in [0, 0.05) is 8.59 Å². The number of rotatable bonds is 4. The number of carbonyl (C=O) groups is 2. The van der Waals surface area contributed by atoms with Gasteiger partial charge in [0.05, 0.1) is 17.5 Å². The maximum Gasteiger partial charge on any atom is 0.307 e. The van der Waals surface area contributed by atoms with Gasteiger partial charge < -0.3 is 10.4 Å². The summed E-state index contributed by atoms with van der Waals surface area (Å²) >= 11 is 7.99. The fourth-order valence-corrected chi connectivity index (χ4v) is 3.86. The zero-order chi connectivity index (χ0) is 15.6. The number of hydrogen-bond donors (Lipinski definition) is 2. The Labute approximate surface area is 142 Å². The molecular formula is C15H17ClINO3. The van der Waals surface area contributed by atoms with Crippen molar-refractivity contribution in [2.45, 2.75) is 26.2 Å². The summed E-state index contributed by atoms with van der Waals surface area (Å²) in [5.74, 6) is -1.82. The molecule has 3 atom stereocenters. The van der Waals surface area contributed by atoms with Gasteiger partial charge in [-0.3, -0.25) is 9.59 Å². The maximum absolute atomic E-state index is 12.4.